The lowest BCUT2D eigenvalue weighted by molar-refractivity contribution is 0.292. The molecule has 130 valence electrons. The van der Waals surface area contributed by atoms with Crippen LogP contribution in [0.2, 0.25) is 10.0 Å². The van der Waals surface area contributed by atoms with Crippen molar-refractivity contribution in [3.05, 3.63) is 76.5 Å². The average molecular weight is 386 g/mol. The van der Waals surface area contributed by atoms with E-state index in [0.717, 1.165) is 5.69 Å². The Morgan fingerprint density at radius 2 is 1.73 bits per heavy atom. The van der Waals surface area contributed by atoms with Gasteiger partial charge in [-0.3, -0.25) is 0 Å². The van der Waals surface area contributed by atoms with Crippen molar-refractivity contribution in [2.24, 2.45) is 0 Å². The second-order valence-corrected chi connectivity index (χ2v) is 6.36. The third kappa shape index (κ3) is 3.71. The van der Waals surface area contributed by atoms with E-state index < -0.39 is 0 Å². The van der Waals surface area contributed by atoms with Crippen molar-refractivity contribution in [3.8, 4) is 5.75 Å². The number of rotatable bonds is 5. The van der Waals surface area contributed by atoms with Crippen molar-refractivity contribution in [1.29, 1.82) is 0 Å². The van der Waals surface area contributed by atoms with Crippen LogP contribution in [0, 0.1) is 0 Å². The fourth-order valence-electron chi connectivity index (χ4n) is 2.41. The van der Waals surface area contributed by atoms with Crippen LogP contribution in [0.15, 0.2) is 60.7 Å². The second-order valence-electron chi connectivity index (χ2n) is 5.49. The first-order valence-corrected chi connectivity index (χ1v) is 8.55. The Morgan fingerprint density at radius 1 is 0.923 bits per heavy atom. The molecule has 0 saturated carbocycles. The summed E-state index contributed by atoms with van der Waals surface area (Å²) in [7, 11) is 0. The average Bonchev–Trinajstić information content (AvgIpc) is 3.02. The van der Waals surface area contributed by atoms with Gasteiger partial charge in [-0.1, -0.05) is 35.3 Å². The maximum Gasteiger partial charge on any atom is 0.192 e. The molecule has 2 aromatic heterocycles. The van der Waals surface area contributed by atoms with Crippen LogP contribution >= 0.6 is 23.2 Å². The Morgan fingerprint density at radius 3 is 2.54 bits per heavy atom. The molecule has 8 heteroatoms. The van der Waals surface area contributed by atoms with Gasteiger partial charge in [0.1, 0.15) is 12.4 Å². The van der Waals surface area contributed by atoms with Crippen molar-refractivity contribution >= 4 is 40.4 Å². The number of hydrogen-bond donors (Lipinski definition) is 1. The first-order chi connectivity index (χ1) is 12.7. The number of nitrogens with one attached hydrogen (secondary N) is 1. The molecule has 0 amide bonds. The van der Waals surface area contributed by atoms with Crippen molar-refractivity contribution in [2.45, 2.75) is 6.61 Å². The fraction of sp³-hybridized carbons (Fsp3) is 0.0556. The highest BCUT2D eigenvalue weighted by atomic mass is 35.5. The van der Waals surface area contributed by atoms with Crippen LogP contribution in [-0.2, 0) is 6.61 Å². The van der Waals surface area contributed by atoms with Gasteiger partial charge < -0.3 is 10.1 Å². The molecule has 1 N–H and O–H groups in total. The number of fused-ring (bicyclic) bond motifs is 1. The third-order valence-electron chi connectivity index (χ3n) is 3.59. The molecule has 0 fully saturated rings. The van der Waals surface area contributed by atoms with Gasteiger partial charge in [-0.15, -0.1) is 15.3 Å². The SMILES string of the molecule is Clc1cccc(Nc2ccc3nnc(COc4cccc(Cl)c4)n3n2)c1. The van der Waals surface area contributed by atoms with Gasteiger partial charge in [-0.2, -0.15) is 4.52 Å². The molecule has 0 saturated heterocycles. The molecule has 0 atom stereocenters. The van der Waals surface area contributed by atoms with Gasteiger partial charge in [0.25, 0.3) is 0 Å². The van der Waals surface area contributed by atoms with E-state index in [2.05, 4.69) is 20.6 Å². The first-order valence-electron chi connectivity index (χ1n) is 7.80. The van der Waals surface area contributed by atoms with Crippen molar-refractivity contribution in [1.82, 2.24) is 19.8 Å². The molecular formula is C18H13Cl2N5O. The Hall–Kier alpha value is -2.83. The molecule has 2 heterocycles. The van der Waals surface area contributed by atoms with Crippen LogP contribution in [0.1, 0.15) is 5.82 Å². The van der Waals surface area contributed by atoms with E-state index in [1.807, 2.05) is 48.5 Å². The smallest absolute Gasteiger partial charge is 0.192 e. The van der Waals surface area contributed by atoms with Gasteiger partial charge in [0, 0.05) is 15.7 Å². The van der Waals surface area contributed by atoms with E-state index in [1.54, 1.807) is 16.6 Å². The van der Waals surface area contributed by atoms with E-state index in [4.69, 9.17) is 27.9 Å². The molecule has 4 rings (SSSR count). The number of benzene rings is 2. The summed E-state index contributed by atoms with van der Waals surface area (Å²) in [6, 6.07) is 18.2. The van der Waals surface area contributed by atoms with Crippen LogP contribution in [0.4, 0.5) is 11.5 Å². The van der Waals surface area contributed by atoms with E-state index in [0.29, 0.717) is 33.1 Å². The number of ether oxygens (including phenoxy) is 1. The second kappa shape index (κ2) is 7.19. The van der Waals surface area contributed by atoms with Crippen LogP contribution < -0.4 is 10.1 Å². The molecule has 6 nitrogen and oxygen atoms in total. The molecule has 0 aliphatic rings. The minimum absolute atomic E-state index is 0.217. The largest absolute Gasteiger partial charge is 0.485 e. The number of hydrogen-bond acceptors (Lipinski definition) is 5. The van der Waals surface area contributed by atoms with E-state index in [1.165, 1.54) is 0 Å². The summed E-state index contributed by atoms with van der Waals surface area (Å²) in [5.74, 6) is 1.88. The number of halogens is 2. The Kier molecular flexibility index (Phi) is 4.60. The highest BCUT2D eigenvalue weighted by Gasteiger charge is 2.09. The Bertz CT molecular complexity index is 1070. The van der Waals surface area contributed by atoms with E-state index in [-0.39, 0.29) is 6.61 Å². The summed E-state index contributed by atoms with van der Waals surface area (Å²) in [6.45, 7) is 0.217. The van der Waals surface area contributed by atoms with Crippen molar-refractivity contribution in [2.75, 3.05) is 5.32 Å². The maximum absolute atomic E-state index is 6.01. The summed E-state index contributed by atoms with van der Waals surface area (Å²) in [5.41, 5.74) is 1.47. The van der Waals surface area contributed by atoms with Gasteiger partial charge in [-0.25, -0.2) is 0 Å². The Labute approximate surface area is 159 Å². The molecule has 0 bridgehead atoms. The summed E-state index contributed by atoms with van der Waals surface area (Å²) in [4.78, 5) is 0. The zero-order valence-corrected chi connectivity index (χ0v) is 14.9. The van der Waals surface area contributed by atoms with Gasteiger partial charge >= 0.3 is 0 Å². The Balaban J connectivity index is 1.56. The molecule has 0 spiro atoms. The molecule has 0 aliphatic carbocycles. The zero-order chi connectivity index (χ0) is 17.9. The normalized spacial score (nSPS) is 10.8. The highest BCUT2D eigenvalue weighted by molar-refractivity contribution is 6.31. The molecular weight excluding hydrogens is 373 g/mol. The number of aromatic nitrogens is 4. The first kappa shape index (κ1) is 16.6. The van der Waals surface area contributed by atoms with Crippen LogP contribution in [0.25, 0.3) is 5.65 Å². The third-order valence-corrected chi connectivity index (χ3v) is 4.06. The summed E-state index contributed by atoms with van der Waals surface area (Å²) >= 11 is 12.0. The number of anilines is 2. The molecule has 0 unspecified atom stereocenters. The van der Waals surface area contributed by atoms with Crippen molar-refractivity contribution < 1.29 is 4.74 Å². The monoisotopic (exact) mass is 385 g/mol. The van der Waals surface area contributed by atoms with Crippen LogP contribution in [0.3, 0.4) is 0 Å². The maximum atomic E-state index is 6.01. The van der Waals surface area contributed by atoms with Crippen LogP contribution in [0.5, 0.6) is 5.75 Å². The molecule has 0 aliphatic heterocycles. The quantitative estimate of drug-likeness (QED) is 0.536. The lowest BCUT2D eigenvalue weighted by Gasteiger charge is -2.07. The molecule has 4 aromatic rings. The van der Waals surface area contributed by atoms with E-state index >= 15 is 0 Å². The van der Waals surface area contributed by atoms with Crippen molar-refractivity contribution in [3.63, 3.8) is 0 Å². The molecule has 0 radical (unpaired) electrons. The zero-order valence-electron chi connectivity index (χ0n) is 13.4. The molecule has 26 heavy (non-hydrogen) atoms. The summed E-state index contributed by atoms with van der Waals surface area (Å²) in [6.07, 6.45) is 0. The number of nitrogens with zero attached hydrogens (tertiary/aromatic N) is 4. The predicted molar refractivity (Wildman–Crippen MR) is 101 cm³/mol. The van der Waals surface area contributed by atoms with Gasteiger partial charge in [-0.05, 0) is 48.5 Å². The standard InChI is InChI=1S/C18H13Cl2N5O/c19-12-3-1-5-14(9-12)21-16-7-8-17-22-23-18(25(17)24-16)11-26-15-6-2-4-13(20)10-15/h1-10H,11H2,(H,21,24). The van der Waals surface area contributed by atoms with E-state index in [9.17, 15) is 0 Å². The minimum Gasteiger partial charge on any atom is -0.485 e. The van der Waals surface area contributed by atoms with Gasteiger partial charge in [0.2, 0.25) is 0 Å². The predicted octanol–water partition coefficient (Wildman–Crippen LogP) is 4.75. The lowest BCUT2D eigenvalue weighted by atomic mass is 10.3. The van der Waals surface area contributed by atoms with Gasteiger partial charge in [0.15, 0.2) is 17.3 Å². The summed E-state index contributed by atoms with van der Waals surface area (Å²) in [5, 5.41) is 17.2. The van der Waals surface area contributed by atoms with Gasteiger partial charge in [0.05, 0.1) is 0 Å². The lowest BCUT2D eigenvalue weighted by Crippen LogP contribution is -2.05. The fourth-order valence-corrected chi connectivity index (χ4v) is 2.78. The summed E-state index contributed by atoms with van der Waals surface area (Å²) < 4.78 is 7.36. The minimum atomic E-state index is 0.217. The van der Waals surface area contributed by atoms with Crippen LogP contribution in [-0.4, -0.2) is 19.8 Å². The molecule has 2 aromatic carbocycles. The topological polar surface area (TPSA) is 64.3 Å². The highest BCUT2D eigenvalue weighted by Crippen LogP contribution is 2.20.